The Balaban J connectivity index is 1.13. The van der Waals surface area contributed by atoms with E-state index in [0.717, 1.165) is 43.7 Å². The largest absolute Gasteiger partial charge is 0.437 e. The van der Waals surface area contributed by atoms with Gasteiger partial charge in [-0.05, 0) is 42.5 Å². The molecule has 2 heterocycles. The summed E-state index contributed by atoms with van der Waals surface area (Å²) < 4.78 is 5.78. The number of aromatic nitrogens is 2. The van der Waals surface area contributed by atoms with Crippen molar-refractivity contribution in [3.05, 3.63) is 89.9 Å². The van der Waals surface area contributed by atoms with Gasteiger partial charge in [-0.1, -0.05) is 54.1 Å². The summed E-state index contributed by atoms with van der Waals surface area (Å²) in [5.41, 5.74) is 3.74. The lowest BCUT2D eigenvalue weighted by molar-refractivity contribution is 0.193. The predicted octanol–water partition coefficient (Wildman–Crippen LogP) is 5.01. The Hall–Kier alpha value is -3.67. The molecule has 1 N–H and O–H groups in total. The third-order valence-corrected chi connectivity index (χ3v) is 6.01. The number of carbonyl (C=O) groups excluding carboxylic acids is 1. The van der Waals surface area contributed by atoms with Gasteiger partial charge in [0.1, 0.15) is 5.75 Å². The SMILES string of the molecule is O=C(NC1C[C@H]1c1ccccc1)N1CCC(=Cc2cccc(Oc3cnccn3)c2)CC1. The smallest absolute Gasteiger partial charge is 0.317 e. The Kier molecular flexibility index (Phi) is 5.83. The summed E-state index contributed by atoms with van der Waals surface area (Å²) >= 11 is 0. The van der Waals surface area contributed by atoms with E-state index in [1.807, 2.05) is 29.2 Å². The summed E-state index contributed by atoms with van der Waals surface area (Å²) in [7, 11) is 0. The Morgan fingerprint density at radius 1 is 1.06 bits per heavy atom. The van der Waals surface area contributed by atoms with Crippen LogP contribution >= 0.6 is 0 Å². The predicted molar refractivity (Wildman–Crippen MR) is 123 cm³/mol. The number of carbonyl (C=O) groups is 1. The molecule has 1 aliphatic heterocycles. The molecule has 0 spiro atoms. The molecule has 2 aliphatic rings. The average Bonchev–Trinajstić information content (AvgIpc) is 3.60. The van der Waals surface area contributed by atoms with Crippen molar-refractivity contribution in [1.29, 1.82) is 0 Å². The summed E-state index contributed by atoms with van der Waals surface area (Å²) in [6.07, 6.45) is 9.82. The van der Waals surface area contributed by atoms with Crippen LogP contribution in [0, 0.1) is 0 Å². The molecule has 5 rings (SSSR count). The van der Waals surface area contributed by atoms with Crippen LogP contribution in [0.5, 0.6) is 11.6 Å². The molecule has 1 unspecified atom stereocenters. The van der Waals surface area contributed by atoms with Crippen molar-refractivity contribution in [2.75, 3.05) is 13.1 Å². The second kappa shape index (κ2) is 9.22. The molecule has 0 bridgehead atoms. The molecule has 32 heavy (non-hydrogen) atoms. The van der Waals surface area contributed by atoms with Gasteiger partial charge in [-0.15, -0.1) is 0 Å². The minimum absolute atomic E-state index is 0.0619. The number of hydrogen-bond donors (Lipinski definition) is 1. The van der Waals surface area contributed by atoms with E-state index in [0.29, 0.717) is 11.8 Å². The zero-order chi connectivity index (χ0) is 21.8. The van der Waals surface area contributed by atoms with Gasteiger partial charge < -0.3 is 15.0 Å². The Bertz CT molecular complexity index is 1090. The quantitative estimate of drug-likeness (QED) is 0.622. The first-order valence-corrected chi connectivity index (χ1v) is 11.1. The van der Waals surface area contributed by atoms with Gasteiger partial charge >= 0.3 is 6.03 Å². The second-order valence-corrected chi connectivity index (χ2v) is 8.32. The highest BCUT2D eigenvalue weighted by Gasteiger charge is 2.40. The molecule has 2 atom stereocenters. The Morgan fingerprint density at radius 3 is 2.69 bits per heavy atom. The minimum Gasteiger partial charge on any atom is -0.437 e. The maximum absolute atomic E-state index is 12.7. The summed E-state index contributed by atoms with van der Waals surface area (Å²) in [5.74, 6) is 1.66. The van der Waals surface area contributed by atoms with Gasteiger partial charge in [-0.2, -0.15) is 0 Å². The Morgan fingerprint density at radius 2 is 1.91 bits per heavy atom. The van der Waals surface area contributed by atoms with E-state index in [-0.39, 0.29) is 12.1 Å². The van der Waals surface area contributed by atoms with Gasteiger partial charge in [0, 0.05) is 37.4 Å². The van der Waals surface area contributed by atoms with Gasteiger partial charge in [0.2, 0.25) is 5.88 Å². The van der Waals surface area contributed by atoms with Gasteiger partial charge in [0.05, 0.1) is 6.20 Å². The van der Waals surface area contributed by atoms with E-state index in [2.05, 4.69) is 51.7 Å². The summed E-state index contributed by atoms with van der Waals surface area (Å²) in [6.45, 7) is 1.49. The van der Waals surface area contributed by atoms with Crippen molar-refractivity contribution in [1.82, 2.24) is 20.2 Å². The van der Waals surface area contributed by atoms with Crippen molar-refractivity contribution < 1.29 is 9.53 Å². The molecule has 1 saturated heterocycles. The Labute approximate surface area is 188 Å². The normalized spacial score (nSPS) is 19.9. The molecule has 0 radical (unpaired) electrons. The summed E-state index contributed by atoms with van der Waals surface area (Å²) in [4.78, 5) is 22.8. The van der Waals surface area contributed by atoms with Crippen molar-refractivity contribution >= 4 is 12.1 Å². The molecule has 1 aliphatic carbocycles. The molecule has 2 aromatic carbocycles. The van der Waals surface area contributed by atoms with Crippen LogP contribution in [-0.2, 0) is 0 Å². The fourth-order valence-corrected chi connectivity index (χ4v) is 4.18. The van der Waals surface area contributed by atoms with Crippen LogP contribution < -0.4 is 10.1 Å². The first-order chi connectivity index (χ1) is 15.7. The molecule has 2 fully saturated rings. The molecule has 1 aromatic heterocycles. The number of rotatable bonds is 5. The number of likely N-dealkylation sites (tertiary alicyclic amines) is 1. The highest BCUT2D eigenvalue weighted by Crippen LogP contribution is 2.40. The molecule has 6 nitrogen and oxygen atoms in total. The molecule has 2 amide bonds. The fourth-order valence-electron chi connectivity index (χ4n) is 4.18. The number of hydrogen-bond acceptors (Lipinski definition) is 4. The third kappa shape index (κ3) is 4.97. The monoisotopic (exact) mass is 426 g/mol. The summed E-state index contributed by atoms with van der Waals surface area (Å²) in [5, 5.41) is 3.21. The number of piperidine rings is 1. The van der Waals surface area contributed by atoms with E-state index >= 15 is 0 Å². The minimum atomic E-state index is 0.0619. The molecular formula is C26H26N4O2. The highest BCUT2D eigenvalue weighted by molar-refractivity contribution is 5.75. The topological polar surface area (TPSA) is 67.4 Å². The number of nitrogens with one attached hydrogen (secondary N) is 1. The lowest BCUT2D eigenvalue weighted by Crippen LogP contribution is -2.44. The van der Waals surface area contributed by atoms with E-state index < -0.39 is 0 Å². The average molecular weight is 427 g/mol. The number of benzene rings is 2. The third-order valence-electron chi connectivity index (χ3n) is 6.01. The van der Waals surface area contributed by atoms with E-state index in [4.69, 9.17) is 4.74 Å². The van der Waals surface area contributed by atoms with Gasteiger partial charge in [0.25, 0.3) is 0 Å². The second-order valence-electron chi connectivity index (χ2n) is 8.32. The van der Waals surface area contributed by atoms with Crippen molar-refractivity contribution in [2.24, 2.45) is 0 Å². The van der Waals surface area contributed by atoms with Gasteiger partial charge in [-0.3, -0.25) is 4.98 Å². The van der Waals surface area contributed by atoms with Crippen molar-refractivity contribution in [2.45, 2.75) is 31.2 Å². The number of ether oxygens (including phenoxy) is 1. The molecule has 3 aromatic rings. The van der Waals surface area contributed by atoms with Crippen LogP contribution in [0.2, 0.25) is 0 Å². The maximum atomic E-state index is 12.7. The first-order valence-electron chi connectivity index (χ1n) is 11.1. The highest BCUT2D eigenvalue weighted by atomic mass is 16.5. The zero-order valence-electron chi connectivity index (χ0n) is 17.9. The van der Waals surface area contributed by atoms with Gasteiger partial charge in [-0.25, -0.2) is 9.78 Å². The van der Waals surface area contributed by atoms with E-state index in [1.54, 1.807) is 18.6 Å². The van der Waals surface area contributed by atoms with E-state index in [1.165, 1.54) is 11.1 Å². The van der Waals surface area contributed by atoms with Crippen molar-refractivity contribution in [3.63, 3.8) is 0 Å². The number of nitrogens with zero attached hydrogens (tertiary/aromatic N) is 3. The molecule has 1 saturated carbocycles. The van der Waals surface area contributed by atoms with Crippen LogP contribution in [0.4, 0.5) is 4.79 Å². The lowest BCUT2D eigenvalue weighted by atomic mass is 10.0. The van der Waals surface area contributed by atoms with Crippen LogP contribution in [0.25, 0.3) is 6.08 Å². The van der Waals surface area contributed by atoms with Crippen LogP contribution in [0.15, 0.2) is 78.8 Å². The summed E-state index contributed by atoms with van der Waals surface area (Å²) in [6, 6.07) is 18.7. The van der Waals surface area contributed by atoms with Crippen LogP contribution in [0.3, 0.4) is 0 Å². The number of amides is 2. The molecule has 6 heteroatoms. The van der Waals surface area contributed by atoms with Gasteiger partial charge in [0.15, 0.2) is 0 Å². The van der Waals surface area contributed by atoms with Crippen LogP contribution in [0.1, 0.15) is 36.3 Å². The van der Waals surface area contributed by atoms with Crippen LogP contribution in [-0.4, -0.2) is 40.0 Å². The number of urea groups is 1. The van der Waals surface area contributed by atoms with Crippen molar-refractivity contribution in [3.8, 4) is 11.6 Å². The standard InChI is InChI=1S/C26H26N4O2/c31-26(29-24-17-23(24)21-6-2-1-3-7-21)30-13-9-19(10-14-30)15-20-5-4-8-22(16-20)32-25-18-27-11-12-28-25/h1-8,11-12,15-16,18,23-24H,9-10,13-14,17H2,(H,29,31)/t23-,24?/m0/s1. The van der Waals surface area contributed by atoms with E-state index in [9.17, 15) is 4.79 Å². The molecule has 162 valence electrons. The zero-order valence-corrected chi connectivity index (χ0v) is 17.9. The fraction of sp³-hybridized carbons (Fsp3) is 0.269. The lowest BCUT2D eigenvalue weighted by Gasteiger charge is -2.28. The first kappa shape index (κ1) is 20.2. The maximum Gasteiger partial charge on any atom is 0.317 e. The molecular weight excluding hydrogens is 400 g/mol.